The van der Waals surface area contributed by atoms with Crippen molar-refractivity contribution in [3.8, 4) is 5.75 Å². The van der Waals surface area contributed by atoms with Crippen LogP contribution in [0.5, 0.6) is 5.75 Å². The minimum atomic E-state index is -5.76. The second kappa shape index (κ2) is 4.21. The fourth-order valence-corrected chi connectivity index (χ4v) is 1.40. The highest BCUT2D eigenvalue weighted by molar-refractivity contribution is 9.10. The molecule has 1 aromatic rings. The van der Waals surface area contributed by atoms with Gasteiger partial charge in [0, 0.05) is 6.07 Å². The minimum absolute atomic E-state index is 0.0238. The third-order valence-electron chi connectivity index (χ3n) is 1.38. The van der Waals surface area contributed by atoms with Crippen LogP contribution in [0.15, 0.2) is 22.7 Å². The van der Waals surface area contributed by atoms with Crippen molar-refractivity contribution >= 4 is 26.0 Å². The van der Waals surface area contributed by atoms with Crippen molar-refractivity contribution in [3.05, 3.63) is 28.5 Å². The molecule has 0 atom stereocenters. The van der Waals surface area contributed by atoms with Crippen LogP contribution in [0.25, 0.3) is 0 Å². The fraction of sp³-hybridized carbons (Fsp3) is 0.143. The quantitative estimate of drug-likeness (QED) is 0.478. The van der Waals surface area contributed by atoms with Crippen LogP contribution in [0.4, 0.5) is 17.6 Å². The standard InChI is InChI=1S/C7H3BrF4O3S/c8-5-2-1-4(3-6(5)9)15-16(13,14)7(10,11)12/h1-3H. The topological polar surface area (TPSA) is 43.4 Å². The molecule has 0 spiro atoms. The van der Waals surface area contributed by atoms with E-state index in [-0.39, 0.29) is 4.47 Å². The summed E-state index contributed by atoms with van der Waals surface area (Å²) < 4.78 is 73.2. The molecule has 1 aromatic carbocycles. The molecule has 0 fully saturated rings. The normalized spacial score (nSPS) is 12.6. The molecule has 0 bridgehead atoms. The highest BCUT2D eigenvalue weighted by Crippen LogP contribution is 2.28. The first-order chi connectivity index (χ1) is 7.13. The maximum Gasteiger partial charge on any atom is 0.534 e. The Kier molecular flexibility index (Phi) is 3.48. The lowest BCUT2D eigenvalue weighted by atomic mass is 10.3. The number of hydrogen-bond donors (Lipinski definition) is 0. The highest BCUT2D eigenvalue weighted by atomic mass is 79.9. The Labute approximate surface area is 96.3 Å². The molecule has 16 heavy (non-hydrogen) atoms. The zero-order chi connectivity index (χ0) is 12.6. The van der Waals surface area contributed by atoms with E-state index in [2.05, 4.69) is 20.1 Å². The molecule has 0 radical (unpaired) electrons. The Balaban J connectivity index is 3.03. The molecule has 0 amide bonds. The third kappa shape index (κ3) is 2.85. The zero-order valence-electron chi connectivity index (χ0n) is 7.25. The minimum Gasteiger partial charge on any atom is -0.376 e. The van der Waals surface area contributed by atoms with E-state index in [0.717, 1.165) is 12.1 Å². The summed E-state index contributed by atoms with van der Waals surface area (Å²) in [6.07, 6.45) is 0. The monoisotopic (exact) mass is 322 g/mol. The van der Waals surface area contributed by atoms with Crippen molar-refractivity contribution in [2.75, 3.05) is 0 Å². The molecule has 3 nitrogen and oxygen atoms in total. The van der Waals surface area contributed by atoms with E-state index < -0.39 is 27.2 Å². The summed E-state index contributed by atoms with van der Waals surface area (Å²) in [5.74, 6) is -1.69. The van der Waals surface area contributed by atoms with E-state index in [1.54, 1.807) is 0 Å². The molecule has 0 aromatic heterocycles. The summed E-state index contributed by atoms with van der Waals surface area (Å²) in [6.45, 7) is 0. The number of halogens is 5. The van der Waals surface area contributed by atoms with Crippen molar-refractivity contribution in [1.82, 2.24) is 0 Å². The average Bonchev–Trinajstić information content (AvgIpc) is 2.09. The van der Waals surface area contributed by atoms with Crippen molar-refractivity contribution in [2.45, 2.75) is 5.51 Å². The molecule has 0 heterocycles. The predicted octanol–water partition coefficient (Wildman–Crippen LogP) is 2.82. The summed E-state index contributed by atoms with van der Waals surface area (Å²) >= 11 is 2.75. The van der Waals surface area contributed by atoms with Crippen LogP contribution in [0.1, 0.15) is 0 Å². The van der Waals surface area contributed by atoms with Crippen LogP contribution >= 0.6 is 15.9 Å². The van der Waals surface area contributed by atoms with Gasteiger partial charge in [0.05, 0.1) is 4.47 Å². The van der Waals surface area contributed by atoms with Crippen LogP contribution in [-0.4, -0.2) is 13.9 Å². The van der Waals surface area contributed by atoms with E-state index in [0.29, 0.717) is 6.07 Å². The van der Waals surface area contributed by atoms with Gasteiger partial charge in [0.25, 0.3) is 0 Å². The van der Waals surface area contributed by atoms with E-state index in [1.165, 1.54) is 0 Å². The molecule has 90 valence electrons. The largest absolute Gasteiger partial charge is 0.534 e. The third-order valence-corrected chi connectivity index (χ3v) is 3.00. The maximum atomic E-state index is 12.8. The molecular weight excluding hydrogens is 320 g/mol. The Morgan fingerprint density at radius 3 is 2.25 bits per heavy atom. The maximum absolute atomic E-state index is 12.8. The molecule has 0 saturated heterocycles. The first-order valence-electron chi connectivity index (χ1n) is 3.59. The lowest BCUT2D eigenvalue weighted by Crippen LogP contribution is -2.28. The van der Waals surface area contributed by atoms with E-state index in [4.69, 9.17) is 0 Å². The number of alkyl halides is 3. The van der Waals surface area contributed by atoms with Gasteiger partial charge >= 0.3 is 15.6 Å². The van der Waals surface area contributed by atoms with Gasteiger partial charge in [0.15, 0.2) is 0 Å². The molecule has 0 unspecified atom stereocenters. The van der Waals surface area contributed by atoms with Crippen molar-refractivity contribution in [2.24, 2.45) is 0 Å². The number of hydrogen-bond acceptors (Lipinski definition) is 3. The van der Waals surface area contributed by atoms with Crippen LogP contribution in [0.3, 0.4) is 0 Å². The van der Waals surface area contributed by atoms with Crippen LogP contribution in [0.2, 0.25) is 0 Å². The SMILES string of the molecule is O=S(=O)(Oc1ccc(Br)c(F)c1)C(F)(F)F. The van der Waals surface area contributed by atoms with E-state index in [9.17, 15) is 26.0 Å². The summed E-state index contributed by atoms with van der Waals surface area (Å²) in [7, 11) is -5.76. The number of rotatable bonds is 2. The lowest BCUT2D eigenvalue weighted by Gasteiger charge is -2.09. The molecular formula is C7H3BrF4O3S. The first-order valence-corrected chi connectivity index (χ1v) is 5.79. The summed E-state index contributed by atoms with van der Waals surface area (Å²) in [5.41, 5.74) is -5.55. The zero-order valence-corrected chi connectivity index (χ0v) is 9.66. The van der Waals surface area contributed by atoms with Gasteiger partial charge in [-0.3, -0.25) is 0 Å². The molecule has 0 aliphatic rings. The lowest BCUT2D eigenvalue weighted by molar-refractivity contribution is -0.0500. The van der Waals surface area contributed by atoms with E-state index >= 15 is 0 Å². The average molecular weight is 323 g/mol. The van der Waals surface area contributed by atoms with Crippen molar-refractivity contribution in [3.63, 3.8) is 0 Å². The van der Waals surface area contributed by atoms with Crippen molar-refractivity contribution in [1.29, 1.82) is 0 Å². The molecule has 0 saturated carbocycles. The second-order valence-corrected chi connectivity index (χ2v) is 4.95. The Morgan fingerprint density at radius 2 is 1.81 bits per heavy atom. The van der Waals surface area contributed by atoms with Crippen molar-refractivity contribution < 1.29 is 30.2 Å². The van der Waals surface area contributed by atoms with Gasteiger partial charge in [-0.2, -0.15) is 21.6 Å². The fourth-order valence-electron chi connectivity index (χ4n) is 0.703. The summed E-state index contributed by atoms with van der Waals surface area (Å²) in [5, 5.41) is 0. The van der Waals surface area contributed by atoms with Gasteiger partial charge in [0.2, 0.25) is 0 Å². The van der Waals surface area contributed by atoms with Crippen LogP contribution < -0.4 is 4.18 Å². The Morgan fingerprint density at radius 1 is 1.25 bits per heavy atom. The van der Waals surface area contributed by atoms with Gasteiger partial charge in [-0.25, -0.2) is 4.39 Å². The first kappa shape index (κ1) is 13.2. The predicted molar refractivity (Wildman–Crippen MR) is 49.7 cm³/mol. The Bertz CT molecular complexity index is 497. The molecule has 0 aliphatic carbocycles. The van der Waals surface area contributed by atoms with E-state index in [1.807, 2.05) is 0 Å². The van der Waals surface area contributed by atoms with Gasteiger partial charge in [-0.05, 0) is 28.1 Å². The summed E-state index contributed by atoms with van der Waals surface area (Å²) in [6, 6.07) is 2.43. The van der Waals surface area contributed by atoms with Gasteiger partial charge in [-0.15, -0.1) is 0 Å². The van der Waals surface area contributed by atoms with Crippen LogP contribution in [-0.2, 0) is 10.1 Å². The van der Waals surface area contributed by atoms with Gasteiger partial charge in [-0.1, -0.05) is 0 Å². The number of benzene rings is 1. The molecule has 0 aliphatic heterocycles. The molecule has 0 N–H and O–H groups in total. The summed E-state index contributed by atoms with van der Waals surface area (Å²) in [4.78, 5) is 0. The second-order valence-electron chi connectivity index (χ2n) is 2.56. The molecule has 9 heteroatoms. The van der Waals surface area contributed by atoms with Gasteiger partial charge < -0.3 is 4.18 Å². The Hall–Kier alpha value is -0.830. The van der Waals surface area contributed by atoms with Crippen LogP contribution in [0, 0.1) is 5.82 Å². The highest BCUT2D eigenvalue weighted by Gasteiger charge is 2.48. The van der Waals surface area contributed by atoms with Gasteiger partial charge in [0.1, 0.15) is 11.6 Å². The smallest absolute Gasteiger partial charge is 0.376 e. The molecule has 1 rings (SSSR count).